The first-order valence-corrected chi connectivity index (χ1v) is 15.8. The van der Waals surface area contributed by atoms with E-state index < -0.39 is 0 Å². The molecule has 0 spiro atoms. The first-order valence-electron chi connectivity index (χ1n) is 14.1. The molecule has 0 atom stereocenters. The lowest BCUT2D eigenvalue weighted by molar-refractivity contribution is 0.112. The average Bonchev–Trinajstić information content (AvgIpc) is 3.80. The third kappa shape index (κ3) is 3.87. The van der Waals surface area contributed by atoms with E-state index >= 15 is 0 Å². The minimum Gasteiger partial charge on any atom is -0.309 e. The van der Waals surface area contributed by atoms with Crippen molar-refractivity contribution in [2.75, 3.05) is 0 Å². The normalized spacial score (nSPS) is 13.7. The number of carbonyl (C=O) groups excluding carboxylic acids is 1. The van der Waals surface area contributed by atoms with E-state index in [1.54, 1.807) is 11.3 Å². The Balaban J connectivity index is 1.21. The Morgan fingerprint density at radius 1 is 0.619 bits per heavy atom. The molecule has 0 amide bonds. The average molecular weight is 578 g/mol. The van der Waals surface area contributed by atoms with Crippen LogP contribution < -0.4 is 0 Å². The highest BCUT2D eigenvalue weighted by Gasteiger charge is 2.35. The molecule has 0 radical (unpaired) electrons. The Bertz CT molecular complexity index is 2200. The molecule has 7 aromatic rings. The van der Waals surface area contributed by atoms with E-state index in [-0.39, 0.29) is 5.41 Å². The van der Waals surface area contributed by atoms with Crippen LogP contribution in [0.2, 0.25) is 0 Å². The summed E-state index contributed by atoms with van der Waals surface area (Å²) < 4.78 is 2.42. The first-order chi connectivity index (χ1) is 20.5. The Morgan fingerprint density at radius 3 is 2.19 bits per heavy atom. The van der Waals surface area contributed by atoms with E-state index in [9.17, 15) is 4.79 Å². The molecule has 42 heavy (non-hydrogen) atoms. The molecule has 0 fully saturated rings. The van der Waals surface area contributed by atoms with Gasteiger partial charge in [-0.05, 0) is 94.6 Å². The van der Waals surface area contributed by atoms with Gasteiger partial charge in [0.05, 0.1) is 15.9 Å². The molecular formula is C38H27NOS2. The molecule has 1 aliphatic rings. The van der Waals surface area contributed by atoms with Crippen LogP contribution in [0.15, 0.2) is 109 Å². The van der Waals surface area contributed by atoms with Crippen molar-refractivity contribution in [3.8, 4) is 27.3 Å². The summed E-state index contributed by atoms with van der Waals surface area (Å²) in [6.45, 7) is 4.68. The third-order valence-corrected chi connectivity index (χ3v) is 10.7. The lowest BCUT2D eigenvalue weighted by atomic mass is 9.82. The van der Waals surface area contributed by atoms with Gasteiger partial charge in [-0.3, -0.25) is 4.79 Å². The molecule has 0 aliphatic heterocycles. The Morgan fingerprint density at radius 2 is 1.33 bits per heavy atom. The lowest BCUT2D eigenvalue weighted by Crippen LogP contribution is -2.15. The largest absolute Gasteiger partial charge is 0.309 e. The number of fused-ring (bicyclic) bond motifs is 6. The van der Waals surface area contributed by atoms with Gasteiger partial charge in [0.2, 0.25) is 0 Å². The number of thiophene rings is 2. The summed E-state index contributed by atoms with van der Waals surface area (Å²) in [7, 11) is 0. The van der Waals surface area contributed by atoms with Crippen molar-refractivity contribution in [3.05, 3.63) is 135 Å². The van der Waals surface area contributed by atoms with E-state index in [1.807, 2.05) is 12.1 Å². The van der Waals surface area contributed by atoms with Gasteiger partial charge >= 0.3 is 0 Å². The second-order valence-electron chi connectivity index (χ2n) is 11.4. The highest BCUT2D eigenvalue weighted by molar-refractivity contribution is 7.16. The third-order valence-electron chi connectivity index (χ3n) is 8.58. The summed E-state index contributed by atoms with van der Waals surface area (Å²) in [5, 5.41) is 2.52. The van der Waals surface area contributed by atoms with Crippen molar-refractivity contribution >= 4 is 62.9 Å². The molecule has 3 heterocycles. The fraction of sp³-hybridized carbons (Fsp3) is 0.0789. The highest BCUT2D eigenvalue weighted by atomic mass is 32.1. The minimum absolute atomic E-state index is 0.0422. The zero-order valence-corrected chi connectivity index (χ0v) is 24.9. The molecule has 4 heteroatoms. The topological polar surface area (TPSA) is 22.0 Å². The highest BCUT2D eigenvalue weighted by Crippen LogP contribution is 2.49. The molecule has 0 bridgehead atoms. The number of rotatable bonds is 5. The maximum absolute atomic E-state index is 11.0. The summed E-state index contributed by atoms with van der Waals surface area (Å²) >= 11 is 3.29. The van der Waals surface area contributed by atoms with Crippen LogP contribution >= 0.6 is 22.7 Å². The quantitative estimate of drug-likeness (QED) is 0.187. The van der Waals surface area contributed by atoms with E-state index in [2.05, 4.69) is 128 Å². The molecule has 8 rings (SSSR count). The van der Waals surface area contributed by atoms with E-state index in [0.29, 0.717) is 0 Å². The number of nitrogens with zero attached hydrogens (tertiary/aromatic N) is 1. The number of para-hydroxylation sites is 1. The van der Waals surface area contributed by atoms with Crippen LogP contribution in [0.25, 0.3) is 61.2 Å². The van der Waals surface area contributed by atoms with Crippen LogP contribution in [0.4, 0.5) is 0 Å². The minimum atomic E-state index is -0.0422. The van der Waals surface area contributed by atoms with Crippen LogP contribution in [0.3, 0.4) is 0 Å². The summed E-state index contributed by atoms with van der Waals surface area (Å²) in [5.41, 5.74) is 10.3. The molecular weight excluding hydrogens is 551 g/mol. The molecule has 202 valence electrons. The Hall–Kier alpha value is -4.51. The molecule has 0 saturated heterocycles. The Labute approximate surface area is 252 Å². The zero-order chi connectivity index (χ0) is 28.4. The van der Waals surface area contributed by atoms with Crippen molar-refractivity contribution in [1.29, 1.82) is 0 Å². The number of aldehydes is 1. The maximum Gasteiger partial charge on any atom is 0.160 e. The predicted octanol–water partition coefficient (Wildman–Crippen LogP) is 10.9. The molecule has 1 aliphatic carbocycles. The van der Waals surface area contributed by atoms with E-state index in [4.69, 9.17) is 0 Å². The smallest absolute Gasteiger partial charge is 0.160 e. The Kier molecular flexibility index (Phi) is 5.72. The SMILES string of the molecule is CC1(C)c2ccccc2-c2ccc(-n3c4ccccc4c4cc(-c5ccc(/C=C/c6ccc(C=O)s6)s5)ccc43)cc21. The second-order valence-corrected chi connectivity index (χ2v) is 13.6. The monoisotopic (exact) mass is 577 g/mol. The van der Waals surface area contributed by atoms with E-state index in [1.165, 1.54) is 76.4 Å². The molecule has 0 N–H and O–H groups in total. The van der Waals surface area contributed by atoms with Gasteiger partial charge < -0.3 is 4.57 Å². The molecule has 2 nitrogen and oxygen atoms in total. The van der Waals surface area contributed by atoms with Gasteiger partial charge in [0, 0.05) is 36.5 Å². The van der Waals surface area contributed by atoms with Gasteiger partial charge in [-0.1, -0.05) is 68.4 Å². The summed E-state index contributed by atoms with van der Waals surface area (Å²) in [6, 6.07) is 39.6. The summed E-state index contributed by atoms with van der Waals surface area (Å²) in [5.74, 6) is 0. The fourth-order valence-electron chi connectivity index (χ4n) is 6.52. The maximum atomic E-state index is 11.0. The number of hydrogen-bond acceptors (Lipinski definition) is 3. The van der Waals surface area contributed by atoms with Crippen molar-refractivity contribution in [2.45, 2.75) is 19.3 Å². The molecule has 0 unspecified atom stereocenters. The fourth-order valence-corrected chi connectivity index (χ4v) is 8.15. The van der Waals surface area contributed by atoms with Crippen molar-refractivity contribution in [1.82, 2.24) is 4.57 Å². The number of benzene rings is 4. The van der Waals surface area contributed by atoms with Crippen molar-refractivity contribution in [2.24, 2.45) is 0 Å². The van der Waals surface area contributed by atoms with Crippen LogP contribution in [-0.4, -0.2) is 10.9 Å². The van der Waals surface area contributed by atoms with Crippen LogP contribution in [0.1, 0.15) is 44.4 Å². The molecule has 4 aromatic carbocycles. The van der Waals surface area contributed by atoms with Gasteiger partial charge in [0.15, 0.2) is 6.29 Å². The summed E-state index contributed by atoms with van der Waals surface area (Å²) in [6.07, 6.45) is 5.12. The van der Waals surface area contributed by atoms with Crippen molar-refractivity contribution < 1.29 is 4.79 Å². The van der Waals surface area contributed by atoms with E-state index in [0.717, 1.165) is 16.0 Å². The molecule has 3 aromatic heterocycles. The standard InChI is InChI=1S/C38H27NOS2/c1-38(2)33-9-5-3-7-29(33)30-18-12-25(22-34(30)38)39-35-10-6-4-8-31(35)32-21-24(11-19-36(32)39)37-20-17-27(42-37)14-13-26-15-16-28(23-40)41-26/h3-23H,1-2H3/b14-13+. The van der Waals surface area contributed by atoms with Gasteiger partial charge in [-0.2, -0.15) is 0 Å². The van der Waals surface area contributed by atoms with Gasteiger partial charge in [-0.15, -0.1) is 22.7 Å². The summed E-state index contributed by atoms with van der Waals surface area (Å²) in [4.78, 5) is 15.3. The van der Waals surface area contributed by atoms with Crippen LogP contribution in [0.5, 0.6) is 0 Å². The van der Waals surface area contributed by atoms with Gasteiger partial charge in [0.1, 0.15) is 0 Å². The zero-order valence-electron chi connectivity index (χ0n) is 23.3. The van der Waals surface area contributed by atoms with Crippen molar-refractivity contribution in [3.63, 3.8) is 0 Å². The lowest BCUT2D eigenvalue weighted by Gasteiger charge is -2.22. The number of hydrogen-bond donors (Lipinski definition) is 0. The predicted molar refractivity (Wildman–Crippen MR) is 180 cm³/mol. The molecule has 0 saturated carbocycles. The van der Waals surface area contributed by atoms with Crippen LogP contribution in [0, 0.1) is 0 Å². The number of carbonyl (C=O) groups is 1. The number of aromatic nitrogens is 1. The first kappa shape index (κ1) is 25.2. The van der Waals surface area contributed by atoms with Gasteiger partial charge in [-0.25, -0.2) is 0 Å². The van der Waals surface area contributed by atoms with Crippen LogP contribution in [-0.2, 0) is 5.41 Å². The second kappa shape index (κ2) is 9.52. The van der Waals surface area contributed by atoms with Gasteiger partial charge in [0.25, 0.3) is 0 Å².